The number of halogens is 1. The Hall–Kier alpha value is -1.20. The van der Waals surface area contributed by atoms with Crippen LogP contribution in [0.15, 0.2) is 28.7 Å². The molecule has 0 saturated heterocycles. The van der Waals surface area contributed by atoms with E-state index in [-0.39, 0.29) is 5.97 Å². The molecule has 0 fully saturated rings. The smallest absolute Gasteiger partial charge is 0.350 e. The minimum Gasteiger partial charge on any atom is -0.462 e. The van der Waals surface area contributed by atoms with Crippen LogP contribution in [-0.4, -0.2) is 17.6 Å². The molecule has 100 valence electrons. The van der Waals surface area contributed by atoms with Crippen molar-refractivity contribution in [2.24, 2.45) is 0 Å². The predicted octanol–water partition coefficient (Wildman–Crippen LogP) is 3.98. The number of thiazole rings is 1. The lowest BCUT2D eigenvalue weighted by atomic mass is 10.2. The van der Waals surface area contributed by atoms with Gasteiger partial charge in [-0.25, -0.2) is 9.78 Å². The highest BCUT2D eigenvalue weighted by atomic mass is 79.9. The summed E-state index contributed by atoms with van der Waals surface area (Å²) >= 11 is 4.86. The van der Waals surface area contributed by atoms with Crippen LogP contribution in [0.5, 0.6) is 0 Å². The highest BCUT2D eigenvalue weighted by molar-refractivity contribution is 9.10. The Balaban J connectivity index is 2.18. The van der Waals surface area contributed by atoms with E-state index in [1.807, 2.05) is 25.1 Å². The van der Waals surface area contributed by atoms with Crippen molar-refractivity contribution in [1.82, 2.24) is 4.98 Å². The van der Waals surface area contributed by atoms with Gasteiger partial charge in [0.1, 0.15) is 4.88 Å². The summed E-state index contributed by atoms with van der Waals surface area (Å²) in [6, 6.07) is 8.08. The van der Waals surface area contributed by atoms with Crippen molar-refractivity contribution in [1.29, 1.82) is 0 Å². The van der Waals surface area contributed by atoms with Crippen LogP contribution in [0.3, 0.4) is 0 Å². The summed E-state index contributed by atoms with van der Waals surface area (Å²) in [6.07, 6.45) is 0.727. The van der Waals surface area contributed by atoms with Gasteiger partial charge in [-0.2, -0.15) is 0 Å². The minimum absolute atomic E-state index is 0.280. The van der Waals surface area contributed by atoms with E-state index in [4.69, 9.17) is 4.74 Å². The Bertz CT molecular complexity index is 595. The summed E-state index contributed by atoms with van der Waals surface area (Å²) in [6.45, 7) is 4.03. The van der Waals surface area contributed by atoms with E-state index < -0.39 is 0 Å². The van der Waals surface area contributed by atoms with E-state index in [2.05, 4.69) is 27.0 Å². The van der Waals surface area contributed by atoms with Crippen LogP contribution >= 0.6 is 27.3 Å². The zero-order valence-electron chi connectivity index (χ0n) is 10.8. The maximum Gasteiger partial charge on any atom is 0.350 e. The van der Waals surface area contributed by atoms with E-state index in [0.29, 0.717) is 11.5 Å². The molecule has 1 heterocycles. The molecule has 2 aromatic rings. The van der Waals surface area contributed by atoms with E-state index >= 15 is 0 Å². The lowest BCUT2D eigenvalue weighted by Gasteiger charge is -1.98. The molecule has 5 heteroatoms. The normalized spacial score (nSPS) is 10.5. The van der Waals surface area contributed by atoms with Gasteiger partial charge in [0, 0.05) is 10.9 Å². The number of ether oxygens (including phenoxy) is 1. The molecule has 0 aliphatic carbocycles. The van der Waals surface area contributed by atoms with Crippen molar-refractivity contribution in [2.75, 3.05) is 6.61 Å². The molecule has 0 spiro atoms. The number of carbonyl (C=O) groups excluding carboxylic acids is 1. The third kappa shape index (κ3) is 3.64. The van der Waals surface area contributed by atoms with Gasteiger partial charge in [0.15, 0.2) is 0 Å². The third-order valence-corrected chi connectivity index (χ3v) is 4.18. The van der Waals surface area contributed by atoms with Crippen molar-refractivity contribution in [2.45, 2.75) is 20.3 Å². The quantitative estimate of drug-likeness (QED) is 0.791. The van der Waals surface area contributed by atoms with Gasteiger partial charge in [0.05, 0.1) is 17.3 Å². The van der Waals surface area contributed by atoms with Crippen LogP contribution in [0.1, 0.15) is 32.9 Å². The Morgan fingerprint density at radius 1 is 1.47 bits per heavy atom. The molecule has 1 aromatic carbocycles. The standard InChI is InChI=1S/C14H14BrNO2S/c1-3-18-14(17)13-9(2)16-12(19-13)8-10-5-4-6-11(15)7-10/h4-7H,3,8H2,1-2H3. The molecule has 0 atom stereocenters. The van der Waals surface area contributed by atoms with Crippen molar-refractivity contribution in [3.05, 3.63) is 49.9 Å². The van der Waals surface area contributed by atoms with Crippen LogP contribution in [-0.2, 0) is 11.2 Å². The Labute approximate surface area is 124 Å². The SMILES string of the molecule is CCOC(=O)c1sc(Cc2cccc(Br)c2)nc1C. The maximum atomic E-state index is 11.7. The molecule has 0 unspecified atom stereocenters. The first-order valence-corrected chi connectivity index (χ1v) is 7.59. The summed E-state index contributed by atoms with van der Waals surface area (Å²) in [5.74, 6) is -0.280. The fraction of sp³-hybridized carbons (Fsp3) is 0.286. The minimum atomic E-state index is -0.280. The highest BCUT2D eigenvalue weighted by Crippen LogP contribution is 2.22. The number of hydrogen-bond acceptors (Lipinski definition) is 4. The zero-order valence-corrected chi connectivity index (χ0v) is 13.2. The number of benzene rings is 1. The molecular formula is C14H14BrNO2S. The lowest BCUT2D eigenvalue weighted by molar-refractivity contribution is 0.0531. The molecule has 19 heavy (non-hydrogen) atoms. The fourth-order valence-electron chi connectivity index (χ4n) is 1.74. The van der Waals surface area contributed by atoms with E-state index in [1.165, 1.54) is 16.9 Å². The Morgan fingerprint density at radius 2 is 2.26 bits per heavy atom. The molecule has 0 aliphatic heterocycles. The monoisotopic (exact) mass is 339 g/mol. The maximum absolute atomic E-state index is 11.7. The number of hydrogen-bond donors (Lipinski definition) is 0. The van der Waals surface area contributed by atoms with Gasteiger partial charge < -0.3 is 4.74 Å². The third-order valence-electron chi connectivity index (χ3n) is 2.55. The number of rotatable bonds is 4. The van der Waals surface area contributed by atoms with Crippen LogP contribution < -0.4 is 0 Å². The largest absolute Gasteiger partial charge is 0.462 e. The van der Waals surface area contributed by atoms with Crippen molar-refractivity contribution >= 4 is 33.2 Å². The van der Waals surface area contributed by atoms with Gasteiger partial charge >= 0.3 is 5.97 Å². The zero-order chi connectivity index (χ0) is 13.8. The summed E-state index contributed by atoms with van der Waals surface area (Å²) in [5.41, 5.74) is 1.91. The molecule has 0 aliphatic rings. The van der Waals surface area contributed by atoms with Crippen molar-refractivity contribution in [3.63, 3.8) is 0 Å². The molecule has 0 radical (unpaired) electrons. The second-order valence-corrected chi connectivity index (χ2v) is 6.05. The van der Waals surface area contributed by atoms with Gasteiger partial charge in [0.25, 0.3) is 0 Å². The second kappa shape index (κ2) is 6.30. The van der Waals surface area contributed by atoms with Crippen molar-refractivity contribution < 1.29 is 9.53 Å². The number of carbonyl (C=O) groups is 1. The molecule has 0 amide bonds. The number of esters is 1. The average molecular weight is 340 g/mol. The molecule has 0 saturated carbocycles. The van der Waals surface area contributed by atoms with Gasteiger partial charge in [-0.05, 0) is 31.5 Å². The number of nitrogens with zero attached hydrogens (tertiary/aromatic N) is 1. The summed E-state index contributed by atoms with van der Waals surface area (Å²) in [5, 5.41) is 0.929. The summed E-state index contributed by atoms with van der Waals surface area (Å²) in [4.78, 5) is 16.8. The van der Waals surface area contributed by atoms with Gasteiger partial charge in [-0.1, -0.05) is 28.1 Å². The van der Waals surface area contributed by atoms with E-state index in [9.17, 15) is 4.79 Å². The van der Waals surface area contributed by atoms with Crippen molar-refractivity contribution in [3.8, 4) is 0 Å². The van der Waals surface area contributed by atoms with E-state index in [0.717, 1.165) is 21.6 Å². The summed E-state index contributed by atoms with van der Waals surface area (Å²) < 4.78 is 6.06. The molecule has 0 bridgehead atoms. The second-order valence-electron chi connectivity index (χ2n) is 4.05. The molecule has 2 rings (SSSR count). The molecule has 3 nitrogen and oxygen atoms in total. The average Bonchev–Trinajstić information content (AvgIpc) is 2.70. The fourth-order valence-corrected chi connectivity index (χ4v) is 3.17. The summed E-state index contributed by atoms with van der Waals surface area (Å²) in [7, 11) is 0. The number of aromatic nitrogens is 1. The van der Waals surface area contributed by atoms with Crippen LogP contribution in [0, 0.1) is 6.92 Å². The molecule has 1 aromatic heterocycles. The van der Waals surface area contributed by atoms with Gasteiger partial charge in [0.2, 0.25) is 0 Å². The first-order chi connectivity index (χ1) is 9.10. The number of aryl methyl sites for hydroxylation is 1. The van der Waals surface area contributed by atoms with E-state index in [1.54, 1.807) is 6.92 Å². The Kier molecular flexibility index (Phi) is 4.71. The van der Waals surface area contributed by atoms with Crippen LogP contribution in [0.25, 0.3) is 0 Å². The van der Waals surface area contributed by atoms with Gasteiger partial charge in [-0.15, -0.1) is 11.3 Å². The topological polar surface area (TPSA) is 39.2 Å². The molecule has 0 N–H and O–H groups in total. The lowest BCUT2D eigenvalue weighted by Crippen LogP contribution is -2.03. The highest BCUT2D eigenvalue weighted by Gasteiger charge is 2.16. The predicted molar refractivity (Wildman–Crippen MR) is 79.8 cm³/mol. The Morgan fingerprint density at radius 3 is 2.95 bits per heavy atom. The van der Waals surface area contributed by atoms with Gasteiger partial charge in [-0.3, -0.25) is 0 Å². The molecular weight excluding hydrogens is 326 g/mol. The van der Waals surface area contributed by atoms with Crippen LogP contribution in [0.4, 0.5) is 0 Å². The first-order valence-electron chi connectivity index (χ1n) is 5.98. The first kappa shape index (κ1) is 14.2. The van der Waals surface area contributed by atoms with Crippen LogP contribution in [0.2, 0.25) is 0 Å².